The van der Waals surface area contributed by atoms with E-state index in [1.54, 1.807) is 6.07 Å². The third-order valence-corrected chi connectivity index (χ3v) is 5.14. The van der Waals surface area contributed by atoms with Crippen molar-refractivity contribution in [2.24, 2.45) is 7.05 Å². The van der Waals surface area contributed by atoms with Crippen molar-refractivity contribution >= 4 is 23.4 Å². The van der Waals surface area contributed by atoms with Crippen LogP contribution in [0.5, 0.6) is 5.75 Å². The fourth-order valence-corrected chi connectivity index (χ4v) is 3.30. The molecule has 0 amide bonds. The second-order valence-corrected chi connectivity index (χ2v) is 7.45. The molecule has 2 heterocycles. The minimum atomic E-state index is -0.0201. The summed E-state index contributed by atoms with van der Waals surface area (Å²) in [6, 6.07) is 7.34. The Kier molecular flexibility index (Phi) is 6.16. The van der Waals surface area contributed by atoms with Gasteiger partial charge in [-0.25, -0.2) is 0 Å². The van der Waals surface area contributed by atoms with Crippen LogP contribution in [0.4, 0.5) is 0 Å². The molecular weight excluding hydrogens is 374 g/mol. The molecule has 0 fully saturated rings. The van der Waals surface area contributed by atoms with Gasteiger partial charge in [0.05, 0.1) is 10.3 Å². The molecule has 0 saturated carbocycles. The number of nitrogens with zero attached hydrogens (tertiary/aromatic N) is 5. The summed E-state index contributed by atoms with van der Waals surface area (Å²) in [6.45, 7) is 4.37. The Bertz CT molecular complexity index is 866. The van der Waals surface area contributed by atoms with Gasteiger partial charge in [0.2, 0.25) is 5.89 Å². The first-order chi connectivity index (χ1) is 12.6. The van der Waals surface area contributed by atoms with Gasteiger partial charge in [-0.2, -0.15) is 4.98 Å². The summed E-state index contributed by atoms with van der Waals surface area (Å²) in [4.78, 5) is 4.42. The van der Waals surface area contributed by atoms with Crippen molar-refractivity contribution in [1.82, 2.24) is 24.9 Å². The second kappa shape index (κ2) is 8.55. The lowest BCUT2D eigenvalue weighted by Gasteiger charge is -2.08. The minimum Gasteiger partial charge on any atom is -0.484 e. The van der Waals surface area contributed by atoms with E-state index in [2.05, 4.69) is 27.3 Å². The average Bonchev–Trinajstić information content (AvgIpc) is 3.23. The predicted octanol–water partition coefficient (Wildman–Crippen LogP) is 4.24. The standard InChI is InChI=1S/C17H20ClN5O2S/c1-4-7-14-19-16(25-22-14)11(2)26-17-21-20-15(23(17)3)10-24-13-9-6-5-8-12(13)18/h5-6,8-9,11H,4,7,10H2,1-3H3/t11-/m0/s1. The molecule has 0 aliphatic rings. The zero-order valence-electron chi connectivity index (χ0n) is 14.8. The number of ether oxygens (including phenoxy) is 1. The van der Waals surface area contributed by atoms with E-state index in [1.807, 2.05) is 36.7 Å². The molecule has 26 heavy (non-hydrogen) atoms. The zero-order valence-corrected chi connectivity index (χ0v) is 16.4. The highest BCUT2D eigenvalue weighted by molar-refractivity contribution is 7.99. The van der Waals surface area contributed by atoms with E-state index in [-0.39, 0.29) is 11.9 Å². The lowest BCUT2D eigenvalue weighted by molar-refractivity contribution is 0.290. The Balaban J connectivity index is 1.63. The summed E-state index contributed by atoms with van der Waals surface area (Å²) in [5, 5.41) is 13.7. The largest absolute Gasteiger partial charge is 0.484 e. The molecule has 0 N–H and O–H groups in total. The molecule has 0 unspecified atom stereocenters. The van der Waals surface area contributed by atoms with Gasteiger partial charge >= 0.3 is 0 Å². The van der Waals surface area contributed by atoms with Gasteiger partial charge in [0, 0.05) is 13.5 Å². The smallest absolute Gasteiger partial charge is 0.239 e. The summed E-state index contributed by atoms with van der Waals surface area (Å²) in [5.41, 5.74) is 0. The number of benzene rings is 1. The van der Waals surface area contributed by atoms with E-state index < -0.39 is 0 Å². The van der Waals surface area contributed by atoms with Gasteiger partial charge in [0.15, 0.2) is 16.8 Å². The zero-order chi connectivity index (χ0) is 18.5. The average molecular weight is 394 g/mol. The maximum atomic E-state index is 6.10. The monoisotopic (exact) mass is 393 g/mol. The highest BCUT2D eigenvalue weighted by Crippen LogP contribution is 2.33. The van der Waals surface area contributed by atoms with Crippen LogP contribution in [0, 0.1) is 0 Å². The van der Waals surface area contributed by atoms with Crippen LogP contribution in [-0.2, 0) is 20.1 Å². The Morgan fingerprint density at radius 3 is 2.88 bits per heavy atom. The van der Waals surface area contributed by atoms with Gasteiger partial charge in [-0.3, -0.25) is 0 Å². The van der Waals surface area contributed by atoms with Crippen LogP contribution in [0.2, 0.25) is 5.02 Å². The third-order valence-electron chi connectivity index (χ3n) is 3.71. The lowest BCUT2D eigenvalue weighted by atomic mass is 10.3. The molecule has 1 aromatic carbocycles. The fraction of sp³-hybridized carbons (Fsp3) is 0.412. The fourth-order valence-electron chi connectivity index (χ4n) is 2.24. The first kappa shape index (κ1) is 18.7. The quantitative estimate of drug-likeness (QED) is 0.529. The van der Waals surface area contributed by atoms with E-state index in [9.17, 15) is 0 Å². The molecule has 1 atom stereocenters. The van der Waals surface area contributed by atoms with E-state index in [1.165, 1.54) is 11.8 Å². The molecule has 3 aromatic rings. The number of halogens is 1. The van der Waals surface area contributed by atoms with Gasteiger partial charge in [-0.05, 0) is 25.5 Å². The normalized spacial score (nSPS) is 12.3. The minimum absolute atomic E-state index is 0.0201. The Hall–Kier alpha value is -2.06. The van der Waals surface area contributed by atoms with Gasteiger partial charge in [0.25, 0.3) is 0 Å². The molecule has 3 rings (SSSR count). The van der Waals surface area contributed by atoms with Crippen LogP contribution in [0.1, 0.15) is 43.1 Å². The van der Waals surface area contributed by atoms with E-state index in [0.29, 0.717) is 22.5 Å². The van der Waals surface area contributed by atoms with Crippen LogP contribution < -0.4 is 4.74 Å². The summed E-state index contributed by atoms with van der Waals surface area (Å²) in [7, 11) is 1.90. The number of aryl methyl sites for hydroxylation is 1. The van der Waals surface area contributed by atoms with Crippen molar-refractivity contribution < 1.29 is 9.26 Å². The number of aromatic nitrogens is 5. The molecule has 2 aromatic heterocycles. The van der Waals surface area contributed by atoms with Crippen LogP contribution in [0.15, 0.2) is 33.9 Å². The van der Waals surface area contributed by atoms with Crippen LogP contribution in [0.25, 0.3) is 0 Å². The number of para-hydroxylation sites is 1. The van der Waals surface area contributed by atoms with E-state index in [4.69, 9.17) is 20.9 Å². The number of hydrogen-bond acceptors (Lipinski definition) is 7. The van der Waals surface area contributed by atoms with Crippen molar-refractivity contribution in [3.05, 3.63) is 46.8 Å². The molecule has 0 aliphatic heterocycles. The van der Waals surface area contributed by atoms with Gasteiger partial charge in [0.1, 0.15) is 12.4 Å². The molecule has 0 aliphatic carbocycles. The summed E-state index contributed by atoms with van der Waals surface area (Å²) < 4.78 is 13.0. The maximum Gasteiger partial charge on any atom is 0.239 e. The maximum absolute atomic E-state index is 6.10. The molecule has 138 valence electrons. The van der Waals surface area contributed by atoms with Crippen molar-refractivity contribution in [2.75, 3.05) is 0 Å². The topological polar surface area (TPSA) is 78.9 Å². The van der Waals surface area contributed by atoms with Crippen molar-refractivity contribution in [1.29, 1.82) is 0 Å². The summed E-state index contributed by atoms with van der Waals surface area (Å²) in [5.74, 6) is 2.66. The molecule has 0 spiro atoms. The molecule has 9 heteroatoms. The highest BCUT2D eigenvalue weighted by atomic mass is 35.5. The first-order valence-corrected chi connectivity index (χ1v) is 9.59. The predicted molar refractivity (Wildman–Crippen MR) is 99.4 cm³/mol. The van der Waals surface area contributed by atoms with Crippen LogP contribution in [0.3, 0.4) is 0 Å². The van der Waals surface area contributed by atoms with Crippen molar-refractivity contribution in [3.8, 4) is 5.75 Å². The molecule has 0 saturated heterocycles. The number of thioether (sulfide) groups is 1. The van der Waals surface area contributed by atoms with Crippen molar-refractivity contribution in [2.45, 2.75) is 43.7 Å². The van der Waals surface area contributed by atoms with Crippen LogP contribution >= 0.6 is 23.4 Å². The van der Waals surface area contributed by atoms with E-state index >= 15 is 0 Å². The SMILES string of the molecule is CCCc1noc([C@H](C)Sc2nnc(COc3ccccc3Cl)n2C)n1. The van der Waals surface area contributed by atoms with E-state index in [0.717, 1.165) is 23.8 Å². The second-order valence-electron chi connectivity index (χ2n) is 5.74. The lowest BCUT2D eigenvalue weighted by Crippen LogP contribution is -2.05. The van der Waals surface area contributed by atoms with Crippen molar-refractivity contribution in [3.63, 3.8) is 0 Å². The molecule has 0 radical (unpaired) electrons. The highest BCUT2D eigenvalue weighted by Gasteiger charge is 2.19. The third kappa shape index (κ3) is 4.37. The summed E-state index contributed by atoms with van der Waals surface area (Å²) >= 11 is 7.61. The van der Waals surface area contributed by atoms with Gasteiger partial charge in [-0.15, -0.1) is 10.2 Å². The Morgan fingerprint density at radius 1 is 1.31 bits per heavy atom. The van der Waals surface area contributed by atoms with Crippen LogP contribution in [-0.4, -0.2) is 24.9 Å². The van der Waals surface area contributed by atoms with Gasteiger partial charge in [-0.1, -0.05) is 47.6 Å². The Morgan fingerprint density at radius 2 is 2.12 bits per heavy atom. The molecule has 7 nitrogen and oxygen atoms in total. The number of hydrogen-bond donors (Lipinski definition) is 0. The molecule has 0 bridgehead atoms. The van der Waals surface area contributed by atoms with Gasteiger partial charge < -0.3 is 13.8 Å². The summed E-state index contributed by atoms with van der Waals surface area (Å²) in [6.07, 6.45) is 1.80. The molecular formula is C17H20ClN5O2S. The number of rotatable bonds is 8. The first-order valence-electron chi connectivity index (χ1n) is 8.33. The Labute approximate surface area is 161 Å².